The van der Waals surface area contributed by atoms with E-state index in [-0.39, 0.29) is 11.9 Å². The number of rotatable bonds is 8. The highest BCUT2D eigenvalue weighted by Crippen LogP contribution is 2.28. The first-order valence-electron chi connectivity index (χ1n) is 9.48. The van der Waals surface area contributed by atoms with Gasteiger partial charge in [0.25, 0.3) is 10.0 Å². The molecular formula is C20H26N2O5S2. The van der Waals surface area contributed by atoms with Gasteiger partial charge in [-0.05, 0) is 48.4 Å². The van der Waals surface area contributed by atoms with Crippen LogP contribution in [0.2, 0.25) is 0 Å². The highest BCUT2D eigenvalue weighted by molar-refractivity contribution is 7.91. The Bertz CT molecular complexity index is 920. The second-order valence-electron chi connectivity index (χ2n) is 6.87. The van der Waals surface area contributed by atoms with Gasteiger partial charge in [0, 0.05) is 25.6 Å². The minimum atomic E-state index is -3.41. The Hall–Kier alpha value is -2.10. The standard InChI is InChI=1S/C20H26N2O5S2/c1-26-17-7-5-15(14-18(17)27-2)6-8-19(23)21-16-9-11-22(12-10-16)29(24,25)20-4-3-13-28-20/h3-5,7,13-14,16H,6,8-12H2,1-2H3,(H,21,23). The Kier molecular flexibility index (Phi) is 7.15. The maximum absolute atomic E-state index is 12.6. The van der Waals surface area contributed by atoms with Gasteiger partial charge in [-0.25, -0.2) is 8.42 Å². The van der Waals surface area contributed by atoms with Crippen LogP contribution in [0.1, 0.15) is 24.8 Å². The number of ether oxygens (including phenoxy) is 2. The van der Waals surface area contributed by atoms with Crippen LogP contribution in [-0.4, -0.2) is 52.0 Å². The summed E-state index contributed by atoms with van der Waals surface area (Å²) in [6.45, 7) is 0.835. The molecule has 29 heavy (non-hydrogen) atoms. The number of nitrogens with zero attached hydrogens (tertiary/aromatic N) is 1. The van der Waals surface area contributed by atoms with E-state index in [4.69, 9.17) is 9.47 Å². The van der Waals surface area contributed by atoms with Crippen molar-refractivity contribution in [2.45, 2.75) is 35.9 Å². The maximum Gasteiger partial charge on any atom is 0.252 e. The van der Waals surface area contributed by atoms with Gasteiger partial charge in [0.15, 0.2) is 11.5 Å². The Morgan fingerprint density at radius 1 is 1.17 bits per heavy atom. The average molecular weight is 439 g/mol. The SMILES string of the molecule is COc1ccc(CCC(=O)NC2CCN(S(=O)(=O)c3cccs3)CC2)cc1OC. The molecule has 3 rings (SSSR count). The third-order valence-electron chi connectivity index (χ3n) is 5.00. The molecule has 0 bridgehead atoms. The van der Waals surface area contributed by atoms with Crippen molar-refractivity contribution in [3.05, 3.63) is 41.3 Å². The van der Waals surface area contributed by atoms with Crippen LogP contribution in [0.15, 0.2) is 39.9 Å². The number of methoxy groups -OCH3 is 2. The summed E-state index contributed by atoms with van der Waals surface area (Å²) in [5.74, 6) is 1.27. The first-order chi connectivity index (χ1) is 13.9. The normalized spacial score (nSPS) is 15.8. The van der Waals surface area contributed by atoms with Gasteiger partial charge < -0.3 is 14.8 Å². The van der Waals surface area contributed by atoms with Gasteiger partial charge in [0.2, 0.25) is 5.91 Å². The molecule has 158 valence electrons. The highest BCUT2D eigenvalue weighted by atomic mass is 32.2. The summed E-state index contributed by atoms with van der Waals surface area (Å²) in [7, 11) is -0.244. The lowest BCUT2D eigenvalue weighted by molar-refractivity contribution is -0.122. The molecule has 1 fully saturated rings. The molecule has 9 heteroatoms. The fraction of sp³-hybridized carbons (Fsp3) is 0.450. The summed E-state index contributed by atoms with van der Waals surface area (Å²) in [4.78, 5) is 12.3. The first kappa shape index (κ1) is 21.6. The van der Waals surface area contributed by atoms with E-state index in [0.29, 0.717) is 54.5 Å². The molecule has 1 aliphatic rings. The number of carbonyl (C=O) groups is 1. The fourth-order valence-corrected chi connectivity index (χ4v) is 5.99. The Balaban J connectivity index is 1.47. The quantitative estimate of drug-likeness (QED) is 0.685. The molecule has 0 unspecified atom stereocenters. The molecule has 0 radical (unpaired) electrons. The van der Waals surface area contributed by atoms with Gasteiger partial charge in [-0.1, -0.05) is 12.1 Å². The van der Waals surface area contributed by atoms with Crippen LogP contribution in [0, 0.1) is 0 Å². The zero-order valence-electron chi connectivity index (χ0n) is 16.6. The number of hydrogen-bond donors (Lipinski definition) is 1. The van der Waals surface area contributed by atoms with E-state index >= 15 is 0 Å². The predicted octanol–water partition coefficient (Wildman–Crippen LogP) is 2.67. The molecule has 1 N–H and O–H groups in total. The lowest BCUT2D eigenvalue weighted by Crippen LogP contribution is -2.46. The van der Waals surface area contributed by atoms with Crippen molar-refractivity contribution in [3.8, 4) is 11.5 Å². The smallest absolute Gasteiger partial charge is 0.252 e. The summed E-state index contributed by atoms with van der Waals surface area (Å²) < 4.78 is 37.5. The predicted molar refractivity (Wildman–Crippen MR) is 112 cm³/mol. The zero-order valence-corrected chi connectivity index (χ0v) is 18.2. The molecular weight excluding hydrogens is 412 g/mol. The summed E-state index contributed by atoms with van der Waals surface area (Å²) in [5, 5.41) is 4.80. The van der Waals surface area contributed by atoms with Crippen LogP contribution >= 0.6 is 11.3 Å². The van der Waals surface area contributed by atoms with Crippen LogP contribution in [0.25, 0.3) is 0 Å². The zero-order chi connectivity index (χ0) is 20.9. The van der Waals surface area contributed by atoms with Crippen molar-refractivity contribution in [1.29, 1.82) is 0 Å². The van der Waals surface area contributed by atoms with E-state index < -0.39 is 10.0 Å². The molecule has 1 saturated heterocycles. The highest BCUT2D eigenvalue weighted by Gasteiger charge is 2.30. The number of sulfonamides is 1. The number of amides is 1. The maximum atomic E-state index is 12.6. The van der Waals surface area contributed by atoms with Crippen molar-refractivity contribution >= 4 is 27.3 Å². The van der Waals surface area contributed by atoms with Crippen molar-refractivity contribution in [2.75, 3.05) is 27.3 Å². The molecule has 0 aliphatic carbocycles. The minimum absolute atomic E-state index is 0.00249. The third kappa shape index (κ3) is 5.29. The molecule has 0 spiro atoms. The number of carbonyl (C=O) groups excluding carboxylic acids is 1. The van der Waals surface area contributed by atoms with Crippen LogP contribution in [-0.2, 0) is 21.2 Å². The van der Waals surface area contributed by atoms with E-state index in [2.05, 4.69) is 5.32 Å². The molecule has 1 aliphatic heterocycles. The van der Waals surface area contributed by atoms with E-state index in [9.17, 15) is 13.2 Å². The van der Waals surface area contributed by atoms with Gasteiger partial charge in [-0.15, -0.1) is 11.3 Å². The lowest BCUT2D eigenvalue weighted by Gasteiger charge is -2.31. The van der Waals surface area contributed by atoms with Crippen LogP contribution < -0.4 is 14.8 Å². The van der Waals surface area contributed by atoms with Crippen molar-refractivity contribution < 1.29 is 22.7 Å². The summed E-state index contributed by atoms with van der Waals surface area (Å²) >= 11 is 1.23. The van der Waals surface area contributed by atoms with E-state index in [1.165, 1.54) is 15.6 Å². The van der Waals surface area contributed by atoms with Crippen molar-refractivity contribution in [3.63, 3.8) is 0 Å². The largest absolute Gasteiger partial charge is 0.493 e. The average Bonchev–Trinajstić information content (AvgIpc) is 3.28. The van der Waals surface area contributed by atoms with E-state index in [0.717, 1.165) is 5.56 Å². The number of nitrogens with one attached hydrogen (secondary N) is 1. The minimum Gasteiger partial charge on any atom is -0.493 e. The fourth-order valence-electron chi connectivity index (χ4n) is 3.37. The number of thiophene rings is 1. The van der Waals surface area contributed by atoms with Gasteiger partial charge in [-0.3, -0.25) is 4.79 Å². The Morgan fingerprint density at radius 3 is 2.52 bits per heavy atom. The monoisotopic (exact) mass is 438 g/mol. The second-order valence-corrected chi connectivity index (χ2v) is 9.98. The van der Waals surface area contributed by atoms with Gasteiger partial charge >= 0.3 is 0 Å². The summed E-state index contributed by atoms with van der Waals surface area (Å²) in [6.07, 6.45) is 2.19. The number of aryl methyl sites for hydroxylation is 1. The molecule has 1 aromatic carbocycles. The third-order valence-corrected chi connectivity index (χ3v) is 8.27. The number of piperidine rings is 1. The molecule has 7 nitrogen and oxygen atoms in total. The topological polar surface area (TPSA) is 84.9 Å². The lowest BCUT2D eigenvalue weighted by atomic mass is 10.1. The van der Waals surface area contributed by atoms with Gasteiger partial charge in [0.1, 0.15) is 4.21 Å². The van der Waals surface area contributed by atoms with Gasteiger partial charge in [-0.2, -0.15) is 4.31 Å². The second kappa shape index (κ2) is 9.60. The van der Waals surface area contributed by atoms with Crippen LogP contribution in [0.4, 0.5) is 0 Å². The number of benzene rings is 1. The molecule has 2 heterocycles. The Morgan fingerprint density at radius 2 is 1.90 bits per heavy atom. The first-order valence-corrected chi connectivity index (χ1v) is 11.8. The molecule has 2 aromatic rings. The molecule has 0 atom stereocenters. The summed E-state index contributed by atoms with van der Waals surface area (Å²) in [6, 6.07) is 8.99. The Labute approximate surface area is 175 Å². The molecule has 1 aromatic heterocycles. The van der Waals surface area contributed by atoms with Crippen molar-refractivity contribution in [2.24, 2.45) is 0 Å². The van der Waals surface area contributed by atoms with Crippen LogP contribution in [0.5, 0.6) is 11.5 Å². The van der Waals surface area contributed by atoms with Crippen molar-refractivity contribution in [1.82, 2.24) is 9.62 Å². The number of hydrogen-bond acceptors (Lipinski definition) is 6. The van der Waals surface area contributed by atoms with Crippen LogP contribution in [0.3, 0.4) is 0 Å². The van der Waals surface area contributed by atoms with E-state index in [1.807, 2.05) is 18.2 Å². The molecule has 1 amide bonds. The summed E-state index contributed by atoms with van der Waals surface area (Å²) in [5.41, 5.74) is 0.995. The van der Waals surface area contributed by atoms with Gasteiger partial charge in [0.05, 0.1) is 14.2 Å². The molecule has 0 saturated carbocycles. The van der Waals surface area contributed by atoms with E-state index in [1.54, 1.807) is 31.7 Å².